The Balaban J connectivity index is 2.24. The lowest BCUT2D eigenvalue weighted by atomic mass is 10.3. The highest BCUT2D eigenvalue weighted by Crippen LogP contribution is 2.28. The van der Waals surface area contributed by atoms with Crippen LogP contribution in [0.3, 0.4) is 0 Å². The monoisotopic (exact) mass is 238 g/mol. The van der Waals surface area contributed by atoms with Crippen LogP contribution in [0.25, 0.3) is 0 Å². The van der Waals surface area contributed by atoms with Crippen molar-refractivity contribution in [1.82, 2.24) is 10.2 Å². The minimum absolute atomic E-state index is 0.701. The van der Waals surface area contributed by atoms with Crippen molar-refractivity contribution in [2.75, 3.05) is 0 Å². The molecule has 0 spiro atoms. The van der Waals surface area contributed by atoms with Gasteiger partial charge in [-0.25, -0.2) is 0 Å². The summed E-state index contributed by atoms with van der Waals surface area (Å²) in [5, 5.41) is 6.46. The fraction of sp³-hybridized carbons (Fsp3) is 0. The molecule has 4 heteroatoms. The van der Waals surface area contributed by atoms with E-state index in [-0.39, 0.29) is 0 Å². The van der Waals surface area contributed by atoms with E-state index in [0.717, 1.165) is 10.2 Å². The number of H-pyrrole nitrogens is 1. The molecule has 0 atom stereocenters. The van der Waals surface area contributed by atoms with Gasteiger partial charge in [0, 0.05) is 0 Å². The molecule has 0 aliphatic carbocycles. The summed E-state index contributed by atoms with van der Waals surface area (Å²) in [5.41, 5.74) is 0. The topological polar surface area (TPSA) is 37.9 Å². The Kier molecular flexibility index (Phi) is 2.31. The van der Waals surface area contributed by atoms with Crippen LogP contribution in [-0.2, 0) is 0 Å². The summed E-state index contributed by atoms with van der Waals surface area (Å²) in [6, 6.07) is 7.67. The van der Waals surface area contributed by atoms with Gasteiger partial charge in [0.15, 0.2) is 5.75 Å². The van der Waals surface area contributed by atoms with Gasteiger partial charge < -0.3 is 4.74 Å². The summed E-state index contributed by atoms with van der Waals surface area (Å²) in [4.78, 5) is 0. The predicted octanol–water partition coefficient (Wildman–Crippen LogP) is 2.96. The van der Waals surface area contributed by atoms with Gasteiger partial charge in [-0.15, -0.1) is 0 Å². The standard InChI is InChI=1S/C9H7BrN2O/c10-8-3-1-2-4-9(8)13-7-5-11-12-6-7/h1-6H,(H,11,12). The number of hydrogen-bond donors (Lipinski definition) is 1. The second-order valence-corrected chi connectivity index (χ2v) is 3.32. The van der Waals surface area contributed by atoms with Crippen molar-refractivity contribution in [3.05, 3.63) is 41.1 Å². The number of nitrogens with one attached hydrogen (secondary N) is 1. The number of halogens is 1. The second-order valence-electron chi connectivity index (χ2n) is 2.47. The van der Waals surface area contributed by atoms with E-state index in [1.807, 2.05) is 24.3 Å². The number of rotatable bonds is 2. The average molecular weight is 239 g/mol. The van der Waals surface area contributed by atoms with E-state index in [0.29, 0.717) is 5.75 Å². The van der Waals surface area contributed by atoms with Crippen molar-refractivity contribution in [1.29, 1.82) is 0 Å². The fourth-order valence-corrected chi connectivity index (χ4v) is 1.32. The minimum atomic E-state index is 0.701. The molecule has 0 unspecified atom stereocenters. The van der Waals surface area contributed by atoms with Crippen LogP contribution in [0.5, 0.6) is 11.5 Å². The molecule has 0 saturated heterocycles. The van der Waals surface area contributed by atoms with E-state index < -0.39 is 0 Å². The molecule has 1 heterocycles. The summed E-state index contributed by atoms with van der Waals surface area (Å²) in [5.74, 6) is 1.48. The van der Waals surface area contributed by atoms with Crippen LogP contribution in [0.4, 0.5) is 0 Å². The van der Waals surface area contributed by atoms with Crippen molar-refractivity contribution in [2.24, 2.45) is 0 Å². The van der Waals surface area contributed by atoms with E-state index in [1.54, 1.807) is 12.4 Å². The predicted molar refractivity (Wildman–Crippen MR) is 52.8 cm³/mol. The summed E-state index contributed by atoms with van der Waals surface area (Å²) in [7, 11) is 0. The van der Waals surface area contributed by atoms with E-state index in [4.69, 9.17) is 4.74 Å². The molecule has 2 aromatic rings. The average Bonchev–Trinajstić information content (AvgIpc) is 2.61. The molecule has 0 aliphatic heterocycles. The number of hydrogen-bond acceptors (Lipinski definition) is 2. The number of aromatic nitrogens is 2. The zero-order valence-electron chi connectivity index (χ0n) is 6.70. The molecule has 66 valence electrons. The first-order chi connectivity index (χ1) is 6.36. The van der Waals surface area contributed by atoms with E-state index >= 15 is 0 Å². The largest absolute Gasteiger partial charge is 0.453 e. The van der Waals surface area contributed by atoms with Crippen molar-refractivity contribution in [2.45, 2.75) is 0 Å². The summed E-state index contributed by atoms with van der Waals surface area (Å²) < 4.78 is 6.44. The number of nitrogens with zero attached hydrogens (tertiary/aromatic N) is 1. The summed E-state index contributed by atoms with van der Waals surface area (Å²) >= 11 is 3.39. The third-order valence-corrected chi connectivity index (χ3v) is 2.19. The molecule has 0 bridgehead atoms. The lowest BCUT2D eigenvalue weighted by Gasteiger charge is -2.03. The third-order valence-electron chi connectivity index (χ3n) is 1.54. The molecule has 1 aromatic heterocycles. The van der Waals surface area contributed by atoms with Crippen molar-refractivity contribution >= 4 is 15.9 Å². The maximum atomic E-state index is 5.51. The van der Waals surface area contributed by atoms with E-state index in [2.05, 4.69) is 26.1 Å². The molecule has 2 rings (SSSR count). The zero-order valence-corrected chi connectivity index (χ0v) is 8.28. The van der Waals surface area contributed by atoms with Crippen molar-refractivity contribution in [3.63, 3.8) is 0 Å². The Morgan fingerprint density at radius 1 is 1.31 bits per heavy atom. The van der Waals surface area contributed by atoms with Crippen LogP contribution in [0.2, 0.25) is 0 Å². The van der Waals surface area contributed by atoms with Gasteiger partial charge in [0.1, 0.15) is 5.75 Å². The van der Waals surface area contributed by atoms with Gasteiger partial charge in [-0.2, -0.15) is 5.10 Å². The van der Waals surface area contributed by atoms with Crippen LogP contribution in [0, 0.1) is 0 Å². The van der Waals surface area contributed by atoms with Gasteiger partial charge >= 0.3 is 0 Å². The molecule has 3 nitrogen and oxygen atoms in total. The summed E-state index contributed by atoms with van der Waals surface area (Å²) in [6.07, 6.45) is 3.32. The molecule has 1 aromatic carbocycles. The highest BCUT2D eigenvalue weighted by Gasteiger charge is 2.00. The van der Waals surface area contributed by atoms with E-state index in [9.17, 15) is 0 Å². The number of ether oxygens (including phenoxy) is 1. The van der Waals surface area contributed by atoms with Gasteiger partial charge in [-0.3, -0.25) is 5.10 Å². The first kappa shape index (κ1) is 8.31. The van der Waals surface area contributed by atoms with Crippen LogP contribution in [0.1, 0.15) is 0 Å². The Bertz CT molecular complexity index is 386. The molecule has 0 amide bonds. The lowest BCUT2D eigenvalue weighted by Crippen LogP contribution is -1.82. The Hall–Kier alpha value is -1.29. The van der Waals surface area contributed by atoms with Crippen molar-refractivity contribution in [3.8, 4) is 11.5 Å². The molecule has 0 saturated carbocycles. The summed E-state index contributed by atoms with van der Waals surface area (Å²) in [6.45, 7) is 0. The highest BCUT2D eigenvalue weighted by molar-refractivity contribution is 9.10. The van der Waals surface area contributed by atoms with Gasteiger partial charge in [-0.05, 0) is 28.1 Å². The Morgan fingerprint density at radius 3 is 2.85 bits per heavy atom. The molecule has 1 N–H and O–H groups in total. The van der Waals surface area contributed by atoms with Crippen molar-refractivity contribution < 1.29 is 4.74 Å². The molecule has 0 radical (unpaired) electrons. The highest BCUT2D eigenvalue weighted by atomic mass is 79.9. The maximum Gasteiger partial charge on any atom is 0.165 e. The smallest absolute Gasteiger partial charge is 0.165 e. The molecule has 13 heavy (non-hydrogen) atoms. The maximum absolute atomic E-state index is 5.51. The molecule has 0 aliphatic rings. The Labute approximate surface area is 83.9 Å². The molecular weight excluding hydrogens is 232 g/mol. The lowest BCUT2D eigenvalue weighted by molar-refractivity contribution is 0.480. The van der Waals surface area contributed by atoms with Gasteiger partial charge in [0.05, 0.1) is 16.9 Å². The van der Waals surface area contributed by atoms with Crippen LogP contribution < -0.4 is 4.74 Å². The third kappa shape index (κ3) is 1.89. The van der Waals surface area contributed by atoms with Crippen LogP contribution in [0.15, 0.2) is 41.1 Å². The van der Waals surface area contributed by atoms with Gasteiger partial charge in [0.2, 0.25) is 0 Å². The van der Waals surface area contributed by atoms with Crippen LogP contribution >= 0.6 is 15.9 Å². The SMILES string of the molecule is Brc1ccccc1Oc1cn[nH]c1. The minimum Gasteiger partial charge on any atom is -0.453 e. The second kappa shape index (κ2) is 3.62. The van der Waals surface area contributed by atoms with E-state index in [1.165, 1.54) is 0 Å². The number of aromatic amines is 1. The van der Waals surface area contributed by atoms with Gasteiger partial charge in [0.25, 0.3) is 0 Å². The first-order valence-electron chi connectivity index (χ1n) is 3.77. The van der Waals surface area contributed by atoms with Crippen LogP contribution in [-0.4, -0.2) is 10.2 Å². The first-order valence-corrected chi connectivity index (χ1v) is 4.57. The Morgan fingerprint density at radius 2 is 2.15 bits per heavy atom. The molecule has 0 fully saturated rings. The quantitative estimate of drug-likeness (QED) is 0.874. The van der Waals surface area contributed by atoms with Gasteiger partial charge in [-0.1, -0.05) is 12.1 Å². The zero-order chi connectivity index (χ0) is 9.10. The number of benzene rings is 1. The normalized spacial score (nSPS) is 9.92. The number of para-hydroxylation sites is 1. The fourth-order valence-electron chi connectivity index (χ4n) is 0.949. The molecular formula is C9H7BrN2O.